The summed E-state index contributed by atoms with van der Waals surface area (Å²) < 4.78 is 24.9. The number of carbonyl (C=O) groups excluding carboxylic acids is 1. The number of nitrogens with zero attached hydrogens (tertiary/aromatic N) is 1. The van der Waals surface area contributed by atoms with E-state index in [1.54, 1.807) is 0 Å². The van der Waals surface area contributed by atoms with Crippen LogP contribution in [0.4, 0.5) is 8.78 Å². The van der Waals surface area contributed by atoms with Gasteiger partial charge in [-0.05, 0) is 12.8 Å². The lowest BCUT2D eigenvalue weighted by Crippen LogP contribution is -2.42. The predicted molar refractivity (Wildman–Crippen MR) is 52.2 cm³/mol. The summed E-state index contributed by atoms with van der Waals surface area (Å²) in [5.74, 6) is -2.15. The minimum Gasteiger partial charge on any atom is -0.481 e. The summed E-state index contributed by atoms with van der Waals surface area (Å²) in [6, 6.07) is 0. The molecule has 1 unspecified atom stereocenters. The Morgan fingerprint density at radius 3 is 2.62 bits per heavy atom. The fourth-order valence-corrected chi connectivity index (χ4v) is 1.81. The van der Waals surface area contributed by atoms with Crippen molar-refractivity contribution in [1.82, 2.24) is 4.90 Å². The fraction of sp³-hybridized carbons (Fsp3) is 0.800. The van der Waals surface area contributed by atoms with Gasteiger partial charge in [0.05, 0.1) is 6.42 Å². The Balaban J connectivity index is 2.40. The third-order valence-electron chi connectivity index (χ3n) is 2.72. The standard InChI is InChI=1S/C10H15F2NO3/c11-10(12)7-2-1-5-13(6-7)8(14)3-4-9(15)16/h7,10H,1-6H2,(H,15,16). The van der Waals surface area contributed by atoms with Crippen molar-refractivity contribution in [3.05, 3.63) is 0 Å². The second-order valence-corrected chi connectivity index (χ2v) is 3.97. The van der Waals surface area contributed by atoms with Gasteiger partial charge in [-0.3, -0.25) is 9.59 Å². The number of carbonyl (C=O) groups is 2. The highest BCUT2D eigenvalue weighted by Crippen LogP contribution is 2.23. The highest BCUT2D eigenvalue weighted by molar-refractivity contribution is 5.80. The van der Waals surface area contributed by atoms with Crippen molar-refractivity contribution < 1.29 is 23.5 Å². The molecule has 0 aromatic heterocycles. The van der Waals surface area contributed by atoms with E-state index in [0.717, 1.165) is 0 Å². The average Bonchev–Trinajstić information content (AvgIpc) is 2.26. The third-order valence-corrected chi connectivity index (χ3v) is 2.72. The Bertz CT molecular complexity index is 271. The predicted octanol–water partition coefficient (Wildman–Crippen LogP) is 1.35. The monoisotopic (exact) mass is 235 g/mol. The van der Waals surface area contributed by atoms with E-state index in [1.807, 2.05) is 0 Å². The Kier molecular flexibility index (Phi) is 4.64. The lowest BCUT2D eigenvalue weighted by atomic mass is 9.98. The Morgan fingerprint density at radius 1 is 1.38 bits per heavy atom. The first-order chi connectivity index (χ1) is 7.50. The number of carboxylic acids is 1. The zero-order valence-corrected chi connectivity index (χ0v) is 8.86. The molecule has 1 heterocycles. The van der Waals surface area contributed by atoms with Gasteiger partial charge in [0.1, 0.15) is 0 Å². The van der Waals surface area contributed by atoms with Gasteiger partial charge in [-0.15, -0.1) is 0 Å². The van der Waals surface area contributed by atoms with Crippen LogP contribution >= 0.6 is 0 Å². The number of rotatable bonds is 4. The number of alkyl halides is 2. The van der Waals surface area contributed by atoms with Gasteiger partial charge in [0.15, 0.2) is 0 Å². The van der Waals surface area contributed by atoms with E-state index in [9.17, 15) is 18.4 Å². The first kappa shape index (κ1) is 12.9. The van der Waals surface area contributed by atoms with Gasteiger partial charge in [0.2, 0.25) is 12.3 Å². The summed E-state index contributed by atoms with van der Waals surface area (Å²) in [6.07, 6.45) is -1.76. The molecular formula is C10H15F2NO3. The molecule has 0 aromatic carbocycles. The largest absolute Gasteiger partial charge is 0.481 e. The van der Waals surface area contributed by atoms with Gasteiger partial charge in [-0.2, -0.15) is 0 Å². The quantitative estimate of drug-likeness (QED) is 0.800. The van der Waals surface area contributed by atoms with Gasteiger partial charge in [-0.1, -0.05) is 0 Å². The number of carboxylic acid groups (broad SMARTS) is 1. The maximum absolute atomic E-state index is 12.4. The molecule has 1 atom stereocenters. The van der Waals surface area contributed by atoms with Gasteiger partial charge >= 0.3 is 5.97 Å². The van der Waals surface area contributed by atoms with Crippen LogP contribution in [0.3, 0.4) is 0 Å². The zero-order chi connectivity index (χ0) is 12.1. The first-order valence-electron chi connectivity index (χ1n) is 5.28. The summed E-state index contributed by atoms with van der Waals surface area (Å²) in [7, 11) is 0. The second kappa shape index (κ2) is 5.77. The van der Waals surface area contributed by atoms with Crippen molar-refractivity contribution in [2.75, 3.05) is 13.1 Å². The van der Waals surface area contributed by atoms with E-state index in [0.29, 0.717) is 19.4 Å². The van der Waals surface area contributed by atoms with Gasteiger partial charge in [-0.25, -0.2) is 8.78 Å². The summed E-state index contributed by atoms with van der Waals surface area (Å²) in [5.41, 5.74) is 0. The second-order valence-electron chi connectivity index (χ2n) is 3.97. The highest BCUT2D eigenvalue weighted by Gasteiger charge is 2.29. The third kappa shape index (κ3) is 3.75. The van der Waals surface area contributed by atoms with Crippen molar-refractivity contribution in [3.8, 4) is 0 Å². The van der Waals surface area contributed by atoms with Crippen LogP contribution in [0.2, 0.25) is 0 Å². The number of hydrogen-bond donors (Lipinski definition) is 1. The van der Waals surface area contributed by atoms with Crippen molar-refractivity contribution >= 4 is 11.9 Å². The molecular weight excluding hydrogens is 220 g/mol. The van der Waals surface area contributed by atoms with E-state index in [4.69, 9.17) is 5.11 Å². The molecule has 1 saturated heterocycles. The molecule has 92 valence electrons. The molecule has 1 amide bonds. The molecule has 0 aliphatic carbocycles. The zero-order valence-electron chi connectivity index (χ0n) is 8.86. The maximum atomic E-state index is 12.4. The Morgan fingerprint density at radius 2 is 2.06 bits per heavy atom. The number of aliphatic carboxylic acids is 1. The molecule has 0 bridgehead atoms. The van der Waals surface area contributed by atoms with Crippen LogP contribution in [-0.2, 0) is 9.59 Å². The number of piperidine rings is 1. The molecule has 1 fully saturated rings. The fourth-order valence-electron chi connectivity index (χ4n) is 1.81. The van der Waals surface area contributed by atoms with Crippen molar-refractivity contribution in [2.45, 2.75) is 32.1 Å². The molecule has 4 nitrogen and oxygen atoms in total. The smallest absolute Gasteiger partial charge is 0.303 e. The van der Waals surface area contributed by atoms with Crippen LogP contribution in [-0.4, -0.2) is 41.4 Å². The van der Waals surface area contributed by atoms with E-state index in [2.05, 4.69) is 0 Å². The van der Waals surface area contributed by atoms with Gasteiger partial charge < -0.3 is 10.0 Å². The number of hydrogen-bond acceptors (Lipinski definition) is 2. The van der Waals surface area contributed by atoms with Gasteiger partial charge in [0.25, 0.3) is 0 Å². The Hall–Kier alpha value is -1.20. The topological polar surface area (TPSA) is 57.6 Å². The van der Waals surface area contributed by atoms with Crippen LogP contribution in [0.25, 0.3) is 0 Å². The number of halogens is 2. The molecule has 1 aliphatic heterocycles. The minimum atomic E-state index is -2.41. The van der Waals surface area contributed by atoms with E-state index < -0.39 is 18.3 Å². The lowest BCUT2D eigenvalue weighted by Gasteiger charge is -2.32. The van der Waals surface area contributed by atoms with Crippen LogP contribution in [0.15, 0.2) is 0 Å². The SMILES string of the molecule is O=C(O)CCC(=O)N1CCCC(C(F)F)C1. The van der Waals surface area contributed by atoms with E-state index in [-0.39, 0.29) is 25.3 Å². The Labute approximate surface area is 92.2 Å². The van der Waals surface area contributed by atoms with Gasteiger partial charge in [0, 0.05) is 25.4 Å². The van der Waals surface area contributed by atoms with E-state index >= 15 is 0 Å². The number of likely N-dealkylation sites (tertiary alicyclic amines) is 1. The highest BCUT2D eigenvalue weighted by atomic mass is 19.3. The molecule has 0 aromatic rings. The molecule has 16 heavy (non-hydrogen) atoms. The molecule has 0 saturated carbocycles. The summed E-state index contributed by atoms with van der Waals surface area (Å²) in [4.78, 5) is 23.1. The molecule has 1 N–H and O–H groups in total. The normalized spacial score (nSPS) is 21.2. The molecule has 0 spiro atoms. The van der Waals surface area contributed by atoms with Crippen LogP contribution in [0.5, 0.6) is 0 Å². The molecule has 6 heteroatoms. The number of amides is 1. The van der Waals surface area contributed by atoms with Crippen molar-refractivity contribution in [2.24, 2.45) is 5.92 Å². The molecule has 1 aliphatic rings. The van der Waals surface area contributed by atoms with Crippen molar-refractivity contribution in [1.29, 1.82) is 0 Å². The molecule has 0 radical (unpaired) electrons. The summed E-state index contributed by atoms with van der Waals surface area (Å²) in [5, 5.41) is 8.41. The minimum absolute atomic E-state index is 0.0517. The van der Waals surface area contributed by atoms with Crippen LogP contribution < -0.4 is 0 Å². The summed E-state index contributed by atoms with van der Waals surface area (Å²) >= 11 is 0. The lowest BCUT2D eigenvalue weighted by molar-refractivity contribution is -0.142. The van der Waals surface area contributed by atoms with Crippen molar-refractivity contribution in [3.63, 3.8) is 0 Å². The first-order valence-corrected chi connectivity index (χ1v) is 5.28. The average molecular weight is 235 g/mol. The van der Waals surface area contributed by atoms with E-state index in [1.165, 1.54) is 4.90 Å². The maximum Gasteiger partial charge on any atom is 0.303 e. The summed E-state index contributed by atoms with van der Waals surface area (Å²) in [6.45, 7) is 0.512. The van der Waals surface area contributed by atoms with Crippen LogP contribution in [0, 0.1) is 5.92 Å². The molecule has 1 rings (SSSR count). The van der Waals surface area contributed by atoms with Crippen LogP contribution in [0.1, 0.15) is 25.7 Å².